The van der Waals surface area contributed by atoms with Crippen LogP contribution in [0.4, 0.5) is 0 Å². The van der Waals surface area contributed by atoms with Gasteiger partial charge in [0.15, 0.2) is 0 Å². The highest BCUT2D eigenvalue weighted by Gasteiger charge is 2.31. The largest absolute Gasteiger partial charge is 0.480 e. The molecule has 12 heteroatoms. The van der Waals surface area contributed by atoms with E-state index in [9.17, 15) is 29.4 Å². The maximum atomic E-state index is 12.5. The molecule has 168 valence electrons. The van der Waals surface area contributed by atoms with Gasteiger partial charge in [0, 0.05) is 18.3 Å². The SMILES string of the molecule is CC(NC(=O)C(N)C(C)C)C(=O)NC(C(=O)NC(Cc1cnc[nH]1)C(=O)O)C(C)O. The Bertz CT molecular complexity index is 736. The lowest BCUT2D eigenvalue weighted by Crippen LogP contribution is -2.59. The number of aliphatic carboxylic acids is 1. The number of nitrogens with zero attached hydrogens (tertiary/aromatic N) is 1. The fraction of sp³-hybridized carbons (Fsp3) is 0.611. The van der Waals surface area contributed by atoms with Crippen LogP contribution in [0.2, 0.25) is 0 Å². The number of amides is 3. The first-order valence-corrected chi connectivity index (χ1v) is 9.48. The molecule has 0 radical (unpaired) electrons. The lowest BCUT2D eigenvalue weighted by molar-refractivity contribution is -0.143. The number of aromatic amines is 1. The third-order valence-electron chi connectivity index (χ3n) is 4.43. The summed E-state index contributed by atoms with van der Waals surface area (Å²) in [5.41, 5.74) is 6.22. The number of aliphatic hydroxyl groups is 1. The van der Waals surface area contributed by atoms with Gasteiger partial charge in [0.2, 0.25) is 17.7 Å². The summed E-state index contributed by atoms with van der Waals surface area (Å²) in [7, 11) is 0. The van der Waals surface area contributed by atoms with Gasteiger partial charge in [-0.05, 0) is 19.8 Å². The van der Waals surface area contributed by atoms with E-state index in [1.807, 2.05) is 0 Å². The van der Waals surface area contributed by atoms with E-state index in [-0.39, 0.29) is 12.3 Å². The summed E-state index contributed by atoms with van der Waals surface area (Å²) in [5.74, 6) is -3.59. The molecule has 0 saturated carbocycles. The Morgan fingerprint density at radius 3 is 2.17 bits per heavy atom. The predicted molar refractivity (Wildman–Crippen MR) is 106 cm³/mol. The van der Waals surface area contributed by atoms with Crippen molar-refractivity contribution >= 4 is 23.7 Å². The maximum absolute atomic E-state index is 12.5. The number of carbonyl (C=O) groups is 4. The molecule has 0 aliphatic carbocycles. The zero-order valence-electron chi connectivity index (χ0n) is 17.4. The van der Waals surface area contributed by atoms with Crippen molar-refractivity contribution in [3.8, 4) is 0 Å². The van der Waals surface area contributed by atoms with Crippen LogP contribution in [0.15, 0.2) is 12.5 Å². The van der Waals surface area contributed by atoms with E-state index in [1.165, 1.54) is 26.4 Å². The molecular weight excluding hydrogens is 396 g/mol. The molecule has 0 saturated heterocycles. The predicted octanol–water partition coefficient (Wildman–Crippen LogP) is -2.12. The number of carboxylic acids is 1. The zero-order valence-corrected chi connectivity index (χ0v) is 17.4. The number of carbonyl (C=O) groups excluding carboxylic acids is 3. The van der Waals surface area contributed by atoms with Crippen molar-refractivity contribution in [3.63, 3.8) is 0 Å². The van der Waals surface area contributed by atoms with E-state index in [4.69, 9.17) is 5.73 Å². The molecule has 30 heavy (non-hydrogen) atoms. The molecule has 1 rings (SSSR count). The normalized spacial score (nSPS) is 16.1. The Kier molecular flexibility index (Phi) is 9.40. The van der Waals surface area contributed by atoms with Crippen LogP contribution in [-0.2, 0) is 25.6 Å². The number of nitrogens with two attached hydrogens (primary N) is 1. The summed E-state index contributed by atoms with van der Waals surface area (Å²) in [6.07, 6.45) is 1.40. The van der Waals surface area contributed by atoms with Gasteiger partial charge in [-0.25, -0.2) is 9.78 Å². The lowest BCUT2D eigenvalue weighted by atomic mass is 10.0. The van der Waals surface area contributed by atoms with Gasteiger partial charge in [-0.1, -0.05) is 13.8 Å². The first-order valence-electron chi connectivity index (χ1n) is 9.48. The van der Waals surface area contributed by atoms with Gasteiger partial charge >= 0.3 is 5.97 Å². The fourth-order valence-electron chi connectivity index (χ4n) is 2.44. The van der Waals surface area contributed by atoms with Crippen molar-refractivity contribution in [3.05, 3.63) is 18.2 Å². The molecule has 0 fully saturated rings. The molecule has 0 aliphatic rings. The Morgan fingerprint density at radius 1 is 1.07 bits per heavy atom. The Morgan fingerprint density at radius 2 is 1.70 bits per heavy atom. The van der Waals surface area contributed by atoms with Crippen LogP contribution < -0.4 is 21.7 Å². The number of hydrogen-bond acceptors (Lipinski definition) is 7. The average Bonchev–Trinajstić information content (AvgIpc) is 3.16. The number of hydrogen-bond donors (Lipinski definition) is 7. The minimum Gasteiger partial charge on any atom is -0.480 e. The molecule has 1 aromatic heterocycles. The van der Waals surface area contributed by atoms with Gasteiger partial charge in [0.1, 0.15) is 18.1 Å². The molecule has 8 N–H and O–H groups in total. The monoisotopic (exact) mass is 426 g/mol. The first-order chi connectivity index (χ1) is 13.9. The van der Waals surface area contributed by atoms with E-state index in [0.29, 0.717) is 5.69 Å². The molecular formula is C18H30N6O6. The Labute approximate surface area is 174 Å². The molecule has 1 heterocycles. The van der Waals surface area contributed by atoms with Crippen LogP contribution >= 0.6 is 0 Å². The minimum atomic E-state index is -1.43. The van der Waals surface area contributed by atoms with Gasteiger partial charge in [-0.3, -0.25) is 14.4 Å². The van der Waals surface area contributed by atoms with Gasteiger partial charge in [0.05, 0.1) is 18.5 Å². The molecule has 3 amide bonds. The summed E-state index contributed by atoms with van der Waals surface area (Å²) >= 11 is 0. The van der Waals surface area contributed by atoms with Gasteiger partial charge in [-0.15, -0.1) is 0 Å². The van der Waals surface area contributed by atoms with Crippen LogP contribution in [0.3, 0.4) is 0 Å². The summed E-state index contributed by atoms with van der Waals surface area (Å²) in [4.78, 5) is 54.9. The second-order valence-electron chi connectivity index (χ2n) is 7.41. The number of nitrogens with one attached hydrogen (secondary N) is 4. The molecule has 5 atom stereocenters. The van der Waals surface area contributed by atoms with Gasteiger partial charge < -0.3 is 36.9 Å². The van der Waals surface area contributed by atoms with Crippen molar-refractivity contribution in [2.24, 2.45) is 11.7 Å². The molecule has 0 bridgehead atoms. The molecule has 5 unspecified atom stereocenters. The van der Waals surface area contributed by atoms with Gasteiger partial charge in [0.25, 0.3) is 0 Å². The number of aromatic nitrogens is 2. The second kappa shape index (κ2) is 11.3. The quantitative estimate of drug-likeness (QED) is 0.208. The smallest absolute Gasteiger partial charge is 0.326 e. The van der Waals surface area contributed by atoms with Crippen LogP contribution in [0.5, 0.6) is 0 Å². The van der Waals surface area contributed by atoms with Crippen LogP contribution in [0.1, 0.15) is 33.4 Å². The van der Waals surface area contributed by atoms with Crippen LogP contribution in [0, 0.1) is 5.92 Å². The lowest BCUT2D eigenvalue weighted by Gasteiger charge is -2.25. The average molecular weight is 426 g/mol. The van der Waals surface area contributed by atoms with E-state index in [1.54, 1.807) is 13.8 Å². The summed E-state index contributed by atoms with van der Waals surface area (Å²) < 4.78 is 0. The van der Waals surface area contributed by atoms with Crippen molar-refractivity contribution in [1.29, 1.82) is 0 Å². The van der Waals surface area contributed by atoms with E-state index >= 15 is 0 Å². The fourth-order valence-corrected chi connectivity index (χ4v) is 2.44. The topological polar surface area (TPSA) is 200 Å². The molecule has 12 nitrogen and oxygen atoms in total. The minimum absolute atomic E-state index is 0.0684. The van der Waals surface area contributed by atoms with Crippen molar-refractivity contribution < 1.29 is 29.4 Å². The van der Waals surface area contributed by atoms with E-state index in [0.717, 1.165) is 0 Å². The summed E-state index contributed by atoms with van der Waals surface area (Å²) in [6, 6.07) is -4.58. The zero-order chi connectivity index (χ0) is 23.0. The molecule has 0 aromatic carbocycles. The van der Waals surface area contributed by atoms with Crippen LogP contribution in [-0.4, -0.2) is 74.1 Å². The van der Waals surface area contributed by atoms with Crippen molar-refractivity contribution in [2.75, 3.05) is 0 Å². The molecule has 0 aliphatic heterocycles. The van der Waals surface area contributed by atoms with Crippen molar-refractivity contribution in [1.82, 2.24) is 25.9 Å². The van der Waals surface area contributed by atoms with E-state index < -0.39 is 54.0 Å². The highest BCUT2D eigenvalue weighted by Crippen LogP contribution is 2.03. The number of rotatable bonds is 11. The molecule has 1 aromatic rings. The maximum Gasteiger partial charge on any atom is 0.326 e. The number of aliphatic hydroxyl groups excluding tert-OH is 1. The third kappa shape index (κ3) is 7.44. The number of imidazole rings is 1. The highest BCUT2D eigenvalue weighted by molar-refractivity contribution is 5.94. The molecule has 0 spiro atoms. The third-order valence-corrected chi connectivity index (χ3v) is 4.43. The summed E-state index contributed by atoms with van der Waals surface area (Å²) in [5, 5.41) is 26.3. The first kappa shape index (κ1) is 25.0. The highest BCUT2D eigenvalue weighted by atomic mass is 16.4. The standard InChI is InChI=1S/C18H30N6O6/c1-8(2)13(19)16(27)22-9(3)15(26)24-14(10(4)25)17(28)23-12(18(29)30)5-11-6-20-7-21-11/h6-10,12-14,25H,5,19H2,1-4H3,(H,20,21)(H,22,27)(H,23,28)(H,24,26)(H,29,30). The van der Waals surface area contributed by atoms with E-state index in [2.05, 4.69) is 25.9 Å². The number of H-pyrrole nitrogens is 1. The van der Waals surface area contributed by atoms with Crippen LogP contribution in [0.25, 0.3) is 0 Å². The Hall–Kier alpha value is -2.99. The van der Waals surface area contributed by atoms with Gasteiger partial charge in [-0.2, -0.15) is 0 Å². The van der Waals surface area contributed by atoms with Crippen molar-refractivity contribution in [2.45, 2.75) is 64.4 Å². The summed E-state index contributed by atoms with van der Waals surface area (Å²) in [6.45, 7) is 6.18. The number of carboxylic acid groups (broad SMARTS) is 1. The second-order valence-corrected chi connectivity index (χ2v) is 7.41. The Balaban J connectivity index is 2.77.